The maximum atomic E-state index is 5.34. The van der Waals surface area contributed by atoms with E-state index in [9.17, 15) is 0 Å². The zero-order valence-electron chi connectivity index (χ0n) is 9.89. The minimum atomic E-state index is 0.633. The van der Waals surface area contributed by atoms with Crippen LogP contribution in [-0.4, -0.2) is 9.97 Å². The van der Waals surface area contributed by atoms with Gasteiger partial charge in [-0.05, 0) is 42.5 Å². The molecule has 3 rings (SSSR count). The molecule has 0 fully saturated rings. The molecule has 1 aromatic carbocycles. The molecule has 0 aliphatic heterocycles. The topological polar surface area (TPSA) is 63.8 Å². The first kappa shape index (κ1) is 11.5. The normalized spacial score (nSPS) is 13.4. The number of anilines is 1. The molecule has 1 heterocycles. The van der Waals surface area contributed by atoms with Gasteiger partial charge in [-0.2, -0.15) is 0 Å². The number of rotatable bonds is 3. The van der Waals surface area contributed by atoms with E-state index in [0.29, 0.717) is 5.82 Å². The van der Waals surface area contributed by atoms with E-state index < -0.39 is 0 Å². The lowest BCUT2D eigenvalue weighted by atomic mass is 10.1. The Labute approximate surface area is 110 Å². The first-order chi connectivity index (χ1) is 8.85. The Kier molecular flexibility index (Phi) is 3.17. The quantitative estimate of drug-likeness (QED) is 0.503. The van der Waals surface area contributed by atoms with Crippen molar-refractivity contribution in [3.05, 3.63) is 41.7 Å². The van der Waals surface area contributed by atoms with E-state index in [1.54, 1.807) is 11.8 Å². The summed E-state index contributed by atoms with van der Waals surface area (Å²) in [6, 6.07) is 8.50. The Morgan fingerprint density at radius 3 is 2.89 bits per heavy atom. The van der Waals surface area contributed by atoms with E-state index in [2.05, 4.69) is 33.6 Å². The van der Waals surface area contributed by atoms with Crippen molar-refractivity contribution in [1.82, 2.24) is 9.97 Å². The third-order valence-electron chi connectivity index (χ3n) is 3.08. The highest BCUT2D eigenvalue weighted by molar-refractivity contribution is 7.99. The molecule has 0 amide bonds. The highest BCUT2D eigenvalue weighted by atomic mass is 32.2. The van der Waals surface area contributed by atoms with Crippen molar-refractivity contribution < 1.29 is 0 Å². The van der Waals surface area contributed by atoms with Crippen LogP contribution in [0, 0.1) is 0 Å². The van der Waals surface area contributed by atoms with Gasteiger partial charge in [-0.15, -0.1) is 0 Å². The van der Waals surface area contributed by atoms with Crippen LogP contribution in [0.5, 0.6) is 0 Å². The highest BCUT2D eigenvalue weighted by Gasteiger charge is 2.11. The van der Waals surface area contributed by atoms with Gasteiger partial charge in [0.2, 0.25) is 0 Å². The van der Waals surface area contributed by atoms with E-state index in [1.807, 2.05) is 6.07 Å². The van der Waals surface area contributed by atoms with Gasteiger partial charge in [-0.25, -0.2) is 15.8 Å². The van der Waals surface area contributed by atoms with Crippen LogP contribution in [0.1, 0.15) is 17.5 Å². The lowest BCUT2D eigenvalue weighted by molar-refractivity contribution is 0.911. The number of benzene rings is 1. The Balaban J connectivity index is 1.83. The van der Waals surface area contributed by atoms with Crippen molar-refractivity contribution in [3.63, 3.8) is 0 Å². The minimum absolute atomic E-state index is 0.633. The molecule has 5 heteroatoms. The van der Waals surface area contributed by atoms with Gasteiger partial charge in [0, 0.05) is 11.0 Å². The van der Waals surface area contributed by atoms with Crippen LogP contribution < -0.4 is 11.3 Å². The molecular formula is C13H14N4S. The number of fused-ring (bicyclic) bond motifs is 1. The predicted molar refractivity (Wildman–Crippen MR) is 72.4 cm³/mol. The number of hydrazine groups is 1. The summed E-state index contributed by atoms with van der Waals surface area (Å²) in [6.45, 7) is 0. The van der Waals surface area contributed by atoms with Crippen molar-refractivity contribution in [2.24, 2.45) is 5.84 Å². The van der Waals surface area contributed by atoms with Gasteiger partial charge in [-0.3, -0.25) is 0 Å². The van der Waals surface area contributed by atoms with Gasteiger partial charge in [0.05, 0.1) is 0 Å². The lowest BCUT2D eigenvalue weighted by Gasteiger charge is -2.05. The monoisotopic (exact) mass is 258 g/mol. The van der Waals surface area contributed by atoms with Crippen molar-refractivity contribution >= 4 is 17.6 Å². The van der Waals surface area contributed by atoms with Crippen LogP contribution in [0.3, 0.4) is 0 Å². The van der Waals surface area contributed by atoms with Gasteiger partial charge in [0.25, 0.3) is 0 Å². The smallest absolute Gasteiger partial charge is 0.144 e. The first-order valence-corrected chi connectivity index (χ1v) is 6.75. The molecule has 0 saturated carbocycles. The van der Waals surface area contributed by atoms with Gasteiger partial charge in [0.15, 0.2) is 0 Å². The number of nitrogens with one attached hydrogen (secondary N) is 1. The SMILES string of the molecule is NNc1cc(Sc2ccc3c(c2)CCC3)ncn1. The van der Waals surface area contributed by atoms with Gasteiger partial charge >= 0.3 is 0 Å². The standard InChI is InChI=1S/C13H14N4S/c14-17-12-7-13(16-8-15-12)18-11-5-4-9-2-1-3-10(9)6-11/h4-8H,1-3,14H2,(H,15,16,17). The van der Waals surface area contributed by atoms with Crippen molar-refractivity contribution in [3.8, 4) is 0 Å². The molecule has 92 valence electrons. The lowest BCUT2D eigenvalue weighted by Crippen LogP contribution is -2.08. The number of nitrogens with zero attached hydrogens (tertiary/aromatic N) is 2. The molecule has 0 atom stereocenters. The number of aryl methyl sites for hydroxylation is 2. The van der Waals surface area contributed by atoms with E-state index in [4.69, 9.17) is 5.84 Å². The Morgan fingerprint density at radius 1 is 1.11 bits per heavy atom. The summed E-state index contributed by atoms with van der Waals surface area (Å²) in [4.78, 5) is 9.45. The Morgan fingerprint density at radius 2 is 2.00 bits per heavy atom. The van der Waals surface area contributed by atoms with Gasteiger partial charge < -0.3 is 5.43 Å². The number of hydrogen-bond donors (Lipinski definition) is 2. The molecule has 1 aliphatic rings. The summed E-state index contributed by atoms with van der Waals surface area (Å²) in [5, 5.41) is 0.899. The Bertz CT molecular complexity index is 571. The van der Waals surface area contributed by atoms with E-state index in [1.165, 1.54) is 41.6 Å². The van der Waals surface area contributed by atoms with Crippen molar-refractivity contribution in [2.45, 2.75) is 29.2 Å². The zero-order valence-corrected chi connectivity index (χ0v) is 10.7. The third-order valence-corrected chi connectivity index (χ3v) is 4.00. The highest BCUT2D eigenvalue weighted by Crippen LogP contribution is 2.31. The van der Waals surface area contributed by atoms with E-state index in [0.717, 1.165) is 5.03 Å². The average molecular weight is 258 g/mol. The largest absolute Gasteiger partial charge is 0.308 e. The maximum absolute atomic E-state index is 5.34. The molecule has 0 unspecified atom stereocenters. The minimum Gasteiger partial charge on any atom is -0.308 e. The van der Waals surface area contributed by atoms with Crippen molar-refractivity contribution in [1.29, 1.82) is 0 Å². The average Bonchev–Trinajstić information content (AvgIpc) is 2.86. The molecule has 0 spiro atoms. The summed E-state index contributed by atoms with van der Waals surface area (Å²) in [5.41, 5.74) is 5.50. The van der Waals surface area contributed by atoms with Crippen molar-refractivity contribution in [2.75, 3.05) is 5.43 Å². The fourth-order valence-corrected chi connectivity index (χ4v) is 3.06. The summed E-state index contributed by atoms with van der Waals surface area (Å²) < 4.78 is 0. The third kappa shape index (κ3) is 2.32. The summed E-state index contributed by atoms with van der Waals surface area (Å²) in [7, 11) is 0. The molecular weight excluding hydrogens is 244 g/mol. The van der Waals surface area contributed by atoms with E-state index >= 15 is 0 Å². The summed E-state index contributed by atoms with van der Waals surface area (Å²) in [6.07, 6.45) is 5.21. The van der Waals surface area contributed by atoms with Gasteiger partial charge in [0.1, 0.15) is 17.2 Å². The summed E-state index contributed by atoms with van der Waals surface area (Å²) in [5.74, 6) is 5.97. The van der Waals surface area contributed by atoms with Crippen LogP contribution in [0.4, 0.5) is 5.82 Å². The summed E-state index contributed by atoms with van der Waals surface area (Å²) >= 11 is 1.64. The number of nitrogen functional groups attached to an aromatic ring is 1. The molecule has 18 heavy (non-hydrogen) atoms. The van der Waals surface area contributed by atoms with E-state index in [-0.39, 0.29) is 0 Å². The molecule has 0 radical (unpaired) electrons. The molecule has 1 aliphatic carbocycles. The Hall–Kier alpha value is -1.59. The maximum Gasteiger partial charge on any atom is 0.144 e. The molecule has 0 saturated heterocycles. The second-order valence-electron chi connectivity index (χ2n) is 4.27. The van der Waals surface area contributed by atoms with Crippen LogP contribution in [-0.2, 0) is 12.8 Å². The number of aromatic nitrogens is 2. The number of hydrogen-bond acceptors (Lipinski definition) is 5. The molecule has 3 N–H and O–H groups in total. The fourth-order valence-electron chi connectivity index (χ4n) is 2.21. The number of nitrogens with two attached hydrogens (primary N) is 1. The molecule has 2 aromatic rings. The molecule has 0 bridgehead atoms. The second-order valence-corrected chi connectivity index (χ2v) is 5.37. The first-order valence-electron chi connectivity index (χ1n) is 5.93. The predicted octanol–water partition coefficient (Wildman–Crippen LogP) is 2.40. The second kappa shape index (κ2) is 4.96. The fraction of sp³-hybridized carbons (Fsp3) is 0.231. The van der Waals surface area contributed by atoms with Crippen LogP contribution >= 0.6 is 11.8 Å². The molecule has 4 nitrogen and oxygen atoms in total. The van der Waals surface area contributed by atoms with Crippen LogP contribution in [0.2, 0.25) is 0 Å². The van der Waals surface area contributed by atoms with Crippen LogP contribution in [0.15, 0.2) is 40.5 Å². The zero-order chi connectivity index (χ0) is 12.4. The van der Waals surface area contributed by atoms with Crippen LogP contribution in [0.25, 0.3) is 0 Å². The molecule has 1 aromatic heterocycles. The van der Waals surface area contributed by atoms with Gasteiger partial charge in [-0.1, -0.05) is 17.8 Å².